The normalized spacial score (nSPS) is 12.4. The largest absolute Gasteiger partial charge is 0.465 e. The molecule has 0 saturated heterocycles. The Morgan fingerprint density at radius 1 is 1.45 bits per heavy atom. The van der Waals surface area contributed by atoms with E-state index in [2.05, 4.69) is 4.98 Å². The van der Waals surface area contributed by atoms with Crippen molar-refractivity contribution in [3.8, 4) is 0 Å². The fourth-order valence-corrected chi connectivity index (χ4v) is 2.62. The molecule has 4 nitrogen and oxygen atoms in total. The minimum Gasteiger partial charge on any atom is -0.465 e. The van der Waals surface area contributed by atoms with Gasteiger partial charge in [0.2, 0.25) is 0 Å². The average molecular weight is 313 g/mol. The van der Waals surface area contributed by atoms with Crippen LogP contribution in [0, 0.1) is 6.92 Å². The van der Waals surface area contributed by atoms with Gasteiger partial charge in [0, 0.05) is 21.7 Å². The van der Waals surface area contributed by atoms with Crippen LogP contribution in [0.5, 0.6) is 0 Å². The van der Waals surface area contributed by atoms with E-state index < -0.39 is 12.0 Å². The maximum atomic E-state index is 11.8. The van der Waals surface area contributed by atoms with Gasteiger partial charge in [-0.25, -0.2) is 4.79 Å². The van der Waals surface area contributed by atoms with Gasteiger partial charge < -0.3 is 10.5 Å². The van der Waals surface area contributed by atoms with E-state index in [9.17, 15) is 4.79 Å². The second-order valence-electron chi connectivity index (χ2n) is 4.32. The number of nitrogens with zero attached hydrogens (tertiary/aromatic N) is 1. The molecule has 1 atom stereocenters. The van der Waals surface area contributed by atoms with Crippen molar-refractivity contribution in [2.45, 2.75) is 19.9 Å². The second-order valence-corrected chi connectivity index (χ2v) is 5.13. The summed E-state index contributed by atoms with van der Waals surface area (Å²) in [6.07, 6.45) is 0. The van der Waals surface area contributed by atoms with Gasteiger partial charge in [0.05, 0.1) is 17.1 Å². The summed E-state index contributed by atoms with van der Waals surface area (Å²) in [7, 11) is 0. The zero-order chi connectivity index (χ0) is 14.9. The van der Waals surface area contributed by atoms with Gasteiger partial charge in [-0.2, -0.15) is 0 Å². The van der Waals surface area contributed by atoms with Crippen LogP contribution in [-0.4, -0.2) is 17.6 Å². The van der Waals surface area contributed by atoms with Crippen molar-refractivity contribution in [3.63, 3.8) is 0 Å². The standard InChI is InChI=1S/C14H14Cl2N2O2/c1-3-20-14(19)13(17)11-7(2)18-10-5-4-8(15)6-9(10)12(11)16/h4-6,13H,3,17H2,1-2H3. The van der Waals surface area contributed by atoms with E-state index in [-0.39, 0.29) is 6.61 Å². The van der Waals surface area contributed by atoms with Gasteiger partial charge in [-0.1, -0.05) is 23.2 Å². The molecular weight excluding hydrogens is 299 g/mol. The first-order valence-electron chi connectivity index (χ1n) is 6.13. The van der Waals surface area contributed by atoms with Crippen molar-refractivity contribution in [2.75, 3.05) is 6.61 Å². The molecule has 0 fully saturated rings. The van der Waals surface area contributed by atoms with Crippen LogP contribution in [-0.2, 0) is 9.53 Å². The summed E-state index contributed by atoms with van der Waals surface area (Å²) in [5, 5.41) is 1.59. The lowest BCUT2D eigenvalue weighted by molar-refractivity contribution is -0.144. The minimum atomic E-state index is -0.960. The Kier molecular flexibility index (Phi) is 4.48. The monoisotopic (exact) mass is 312 g/mol. The molecule has 0 amide bonds. The topological polar surface area (TPSA) is 65.2 Å². The van der Waals surface area contributed by atoms with Crippen LogP contribution in [0.15, 0.2) is 18.2 Å². The highest BCUT2D eigenvalue weighted by molar-refractivity contribution is 6.37. The molecule has 1 aromatic carbocycles. The molecule has 0 spiro atoms. The first-order valence-corrected chi connectivity index (χ1v) is 6.88. The number of aromatic nitrogens is 1. The molecule has 0 aliphatic rings. The van der Waals surface area contributed by atoms with E-state index in [1.54, 1.807) is 32.0 Å². The molecule has 20 heavy (non-hydrogen) atoms. The Bertz CT molecular complexity index is 674. The van der Waals surface area contributed by atoms with E-state index in [1.807, 2.05) is 0 Å². The molecule has 0 aliphatic heterocycles. The van der Waals surface area contributed by atoms with Crippen molar-refractivity contribution in [1.29, 1.82) is 0 Å². The third-order valence-electron chi connectivity index (χ3n) is 2.96. The Balaban J connectivity index is 2.61. The van der Waals surface area contributed by atoms with Crippen molar-refractivity contribution in [3.05, 3.63) is 39.5 Å². The lowest BCUT2D eigenvalue weighted by atomic mass is 10.0. The minimum absolute atomic E-state index is 0.260. The number of halogens is 2. The SMILES string of the molecule is CCOC(=O)C(N)c1c(C)nc2ccc(Cl)cc2c1Cl. The molecule has 106 valence electrons. The van der Waals surface area contributed by atoms with E-state index in [0.717, 1.165) is 0 Å². The number of fused-ring (bicyclic) bond motifs is 1. The number of rotatable bonds is 3. The number of carbonyl (C=O) groups excluding carboxylic acids is 1. The number of nitrogens with two attached hydrogens (primary N) is 1. The summed E-state index contributed by atoms with van der Waals surface area (Å²) in [6, 6.07) is 4.25. The summed E-state index contributed by atoms with van der Waals surface area (Å²) >= 11 is 12.3. The second kappa shape index (κ2) is 5.95. The van der Waals surface area contributed by atoms with E-state index in [0.29, 0.717) is 32.2 Å². The summed E-state index contributed by atoms with van der Waals surface area (Å²) < 4.78 is 4.93. The molecule has 0 aliphatic carbocycles. The molecule has 1 aromatic heterocycles. The number of hydrogen-bond acceptors (Lipinski definition) is 4. The molecule has 0 bridgehead atoms. The molecule has 2 rings (SSSR count). The van der Waals surface area contributed by atoms with E-state index >= 15 is 0 Å². The van der Waals surface area contributed by atoms with Gasteiger partial charge in [-0.15, -0.1) is 0 Å². The fraction of sp³-hybridized carbons (Fsp3) is 0.286. The van der Waals surface area contributed by atoms with Crippen LogP contribution in [0.25, 0.3) is 10.9 Å². The molecular formula is C14H14Cl2N2O2. The summed E-state index contributed by atoms with van der Waals surface area (Å²) in [4.78, 5) is 16.2. The van der Waals surface area contributed by atoms with Crippen molar-refractivity contribution < 1.29 is 9.53 Å². The third-order valence-corrected chi connectivity index (χ3v) is 3.60. The van der Waals surface area contributed by atoms with Gasteiger partial charge in [0.1, 0.15) is 6.04 Å². The molecule has 0 saturated carbocycles. The summed E-state index contributed by atoms with van der Waals surface area (Å²) in [5.74, 6) is -0.527. The maximum absolute atomic E-state index is 11.8. The van der Waals surface area contributed by atoms with Crippen molar-refractivity contribution in [2.24, 2.45) is 5.73 Å². The molecule has 0 radical (unpaired) electrons. The van der Waals surface area contributed by atoms with Crippen LogP contribution in [0.4, 0.5) is 0 Å². The Labute approximate surface area is 126 Å². The predicted octanol–water partition coefficient (Wildman–Crippen LogP) is 3.41. The zero-order valence-electron chi connectivity index (χ0n) is 11.1. The number of hydrogen-bond donors (Lipinski definition) is 1. The lowest BCUT2D eigenvalue weighted by Crippen LogP contribution is -2.25. The highest BCUT2D eigenvalue weighted by Crippen LogP contribution is 2.33. The van der Waals surface area contributed by atoms with Crippen LogP contribution in [0.1, 0.15) is 24.2 Å². The number of aryl methyl sites for hydroxylation is 1. The van der Waals surface area contributed by atoms with Crippen LogP contribution < -0.4 is 5.73 Å². The van der Waals surface area contributed by atoms with Gasteiger partial charge in [0.25, 0.3) is 0 Å². The number of esters is 1. The van der Waals surface area contributed by atoms with Gasteiger partial charge in [-0.05, 0) is 32.0 Å². The number of ether oxygens (including phenoxy) is 1. The Hall–Kier alpha value is -1.36. The van der Waals surface area contributed by atoms with Gasteiger partial charge in [0.15, 0.2) is 0 Å². The average Bonchev–Trinajstić information content (AvgIpc) is 2.40. The molecule has 1 unspecified atom stereocenters. The zero-order valence-corrected chi connectivity index (χ0v) is 12.6. The first-order chi connectivity index (χ1) is 9.45. The molecule has 2 aromatic rings. The van der Waals surface area contributed by atoms with Gasteiger partial charge >= 0.3 is 5.97 Å². The summed E-state index contributed by atoms with van der Waals surface area (Å²) in [5.41, 5.74) is 7.70. The highest BCUT2D eigenvalue weighted by Gasteiger charge is 2.24. The maximum Gasteiger partial charge on any atom is 0.327 e. The third kappa shape index (κ3) is 2.73. The van der Waals surface area contributed by atoms with Crippen LogP contribution in [0.2, 0.25) is 10.0 Å². The van der Waals surface area contributed by atoms with Crippen molar-refractivity contribution >= 4 is 40.1 Å². The quantitative estimate of drug-likeness (QED) is 0.882. The number of pyridine rings is 1. The van der Waals surface area contributed by atoms with Crippen LogP contribution in [0.3, 0.4) is 0 Å². The Morgan fingerprint density at radius 2 is 2.15 bits per heavy atom. The molecule has 1 heterocycles. The predicted molar refractivity (Wildman–Crippen MR) is 80.1 cm³/mol. The molecule has 2 N–H and O–H groups in total. The highest BCUT2D eigenvalue weighted by atomic mass is 35.5. The van der Waals surface area contributed by atoms with E-state index in [4.69, 9.17) is 33.7 Å². The van der Waals surface area contributed by atoms with Gasteiger partial charge in [-0.3, -0.25) is 4.98 Å². The van der Waals surface area contributed by atoms with E-state index in [1.165, 1.54) is 0 Å². The first kappa shape index (κ1) is 15.0. The lowest BCUT2D eigenvalue weighted by Gasteiger charge is -2.16. The van der Waals surface area contributed by atoms with Crippen molar-refractivity contribution in [1.82, 2.24) is 4.98 Å². The number of carbonyl (C=O) groups is 1. The molecule has 6 heteroatoms. The number of benzene rings is 1. The fourth-order valence-electron chi connectivity index (χ4n) is 2.04. The summed E-state index contributed by atoms with van der Waals surface area (Å²) in [6.45, 7) is 3.74. The Morgan fingerprint density at radius 3 is 2.80 bits per heavy atom. The smallest absolute Gasteiger partial charge is 0.327 e. The van der Waals surface area contributed by atoms with Crippen LogP contribution >= 0.6 is 23.2 Å².